The fourth-order valence-electron chi connectivity index (χ4n) is 2.13. The third-order valence-corrected chi connectivity index (χ3v) is 3.70. The molecule has 102 valence electrons. The molecular formula is C15H26N2O. The van der Waals surface area contributed by atoms with Crippen LogP contribution in [0.4, 0.5) is 0 Å². The van der Waals surface area contributed by atoms with Crippen LogP contribution in [0.5, 0.6) is 0 Å². The zero-order valence-corrected chi connectivity index (χ0v) is 12.0. The number of nitrogens with zero attached hydrogens (tertiary/aromatic N) is 1. The zero-order valence-electron chi connectivity index (χ0n) is 12.0. The summed E-state index contributed by atoms with van der Waals surface area (Å²) in [5.41, 5.74) is 2.69. The van der Waals surface area contributed by atoms with Crippen LogP contribution in [0.25, 0.3) is 0 Å². The van der Waals surface area contributed by atoms with Crippen molar-refractivity contribution in [3.63, 3.8) is 0 Å². The van der Waals surface area contributed by atoms with Crippen molar-refractivity contribution in [2.24, 2.45) is 0 Å². The molecule has 1 aromatic carbocycles. The lowest BCUT2D eigenvalue weighted by Gasteiger charge is -2.26. The average Bonchev–Trinajstić information content (AvgIpc) is 2.40. The van der Waals surface area contributed by atoms with Gasteiger partial charge in [-0.15, -0.1) is 0 Å². The molecule has 0 aliphatic rings. The van der Waals surface area contributed by atoms with Crippen LogP contribution >= 0.6 is 0 Å². The quantitative estimate of drug-likeness (QED) is 0.776. The summed E-state index contributed by atoms with van der Waals surface area (Å²) in [6.07, 6.45) is 1.04. The number of benzene rings is 1. The van der Waals surface area contributed by atoms with Crippen molar-refractivity contribution >= 4 is 0 Å². The highest BCUT2D eigenvalue weighted by Crippen LogP contribution is 2.20. The molecule has 0 aliphatic heterocycles. The first-order valence-corrected chi connectivity index (χ1v) is 6.64. The smallest absolute Gasteiger partial charge is 0.0584 e. The van der Waals surface area contributed by atoms with Gasteiger partial charge in [0.15, 0.2) is 0 Å². The fraction of sp³-hybridized carbons (Fsp3) is 0.600. The summed E-state index contributed by atoms with van der Waals surface area (Å²) in [5, 5.41) is 12.5. The fourth-order valence-corrected chi connectivity index (χ4v) is 2.13. The van der Waals surface area contributed by atoms with Gasteiger partial charge in [-0.2, -0.15) is 0 Å². The van der Waals surface area contributed by atoms with Gasteiger partial charge in [0.05, 0.1) is 6.61 Å². The molecule has 1 rings (SSSR count). The van der Waals surface area contributed by atoms with Gasteiger partial charge in [0.1, 0.15) is 0 Å². The third-order valence-electron chi connectivity index (χ3n) is 3.70. The lowest BCUT2D eigenvalue weighted by Crippen LogP contribution is -2.34. The Hall–Kier alpha value is -0.900. The van der Waals surface area contributed by atoms with Crippen molar-refractivity contribution in [2.75, 3.05) is 27.2 Å². The summed E-state index contributed by atoms with van der Waals surface area (Å²) in [5.74, 6) is 0. The van der Waals surface area contributed by atoms with Crippen LogP contribution in [0.3, 0.4) is 0 Å². The van der Waals surface area contributed by atoms with Crippen molar-refractivity contribution < 1.29 is 5.11 Å². The van der Waals surface area contributed by atoms with E-state index in [0.29, 0.717) is 6.04 Å². The lowest BCUT2D eigenvalue weighted by molar-refractivity contribution is 0.154. The van der Waals surface area contributed by atoms with Crippen molar-refractivity contribution in [1.82, 2.24) is 10.2 Å². The zero-order chi connectivity index (χ0) is 13.5. The van der Waals surface area contributed by atoms with Crippen LogP contribution in [-0.4, -0.2) is 43.3 Å². The first-order valence-electron chi connectivity index (χ1n) is 6.64. The lowest BCUT2D eigenvalue weighted by atomic mass is 9.98. The minimum atomic E-state index is 0.213. The molecule has 0 bridgehead atoms. The van der Waals surface area contributed by atoms with E-state index >= 15 is 0 Å². The van der Waals surface area contributed by atoms with Gasteiger partial charge in [0.25, 0.3) is 0 Å². The molecule has 2 atom stereocenters. The molecule has 0 heterocycles. The van der Waals surface area contributed by atoms with E-state index < -0.39 is 0 Å². The Morgan fingerprint density at radius 3 is 2.56 bits per heavy atom. The predicted molar refractivity (Wildman–Crippen MR) is 76.8 cm³/mol. The van der Waals surface area contributed by atoms with Gasteiger partial charge >= 0.3 is 0 Å². The van der Waals surface area contributed by atoms with E-state index in [1.54, 1.807) is 0 Å². The molecule has 3 nitrogen and oxygen atoms in total. The van der Waals surface area contributed by atoms with Crippen molar-refractivity contribution in [3.8, 4) is 0 Å². The molecule has 0 spiro atoms. The topological polar surface area (TPSA) is 35.5 Å². The molecule has 0 radical (unpaired) electrons. The highest BCUT2D eigenvalue weighted by molar-refractivity contribution is 5.28. The normalized spacial score (nSPS) is 14.8. The molecule has 0 aromatic heterocycles. The number of aliphatic hydroxyl groups is 1. The number of hydrogen-bond acceptors (Lipinski definition) is 3. The average molecular weight is 250 g/mol. The van der Waals surface area contributed by atoms with Gasteiger partial charge in [-0.3, -0.25) is 0 Å². The Kier molecular flexibility index (Phi) is 6.33. The van der Waals surface area contributed by atoms with Gasteiger partial charge in [-0.05, 0) is 45.5 Å². The van der Waals surface area contributed by atoms with E-state index in [9.17, 15) is 0 Å². The number of hydrogen-bond donors (Lipinski definition) is 2. The number of rotatable bonds is 7. The molecule has 0 saturated carbocycles. The summed E-state index contributed by atoms with van der Waals surface area (Å²) >= 11 is 0. The SMILES string of the molecule is CNC(CCN(C)C(C)CO)c1ccccc1C. The molecule has 18 heavy (non-hydrogen) atoms. The number of likely N-dealkylation sites (N-methyl/N-ethyl adjacent to an activating group) is 1. The Bertz CT molecular complexity index is 354. The molecule has 2 N–H and O–H groups in total. The van der Waals surface area contributed by atoms with Gasteiger partial charge in [0, 0.05) is 18.6 Å². The number of nitrogens with one attached hydrogen (secondary N) is 1. The molecule has 0 amide bonds. The second-order valence-electron chi connectivity index (χ2n) is 5.00. The maximum atomic E-state index is 9.13. The Labute approximate surface area is 111 Å². The number of aliphatic hydroxyl groups excluding tert-OH is 1. The van der Waals surface area contributed by atoms with Gasteiger partial charge in [-0.25, -0.2) is 0 Å². The molecule has 3 heteroatoms. The summed E-state index contributed by atoms with van der Waals surface area (Å²) < 4.78 is 0. The van der Waals surface area contributed by atoms with E-state index in [2.05, 4.69) is 48.5 Å². The first kappa shape index (κ1) is 15.2. The van der Waals surface area contributed by atoms with Crippen LogP contribution in [0, 0.1) is 6.92 Å². The molecule has 1 aromatic rings. The van der Waals surface area contributed by atoms with Crippen LogP contribution < -0.4 is 5.32 Å². The molecule has 2 unspecified atom stereocenters. The standard InChI is InChI=1S/C15H26N2O/c1-12-7-5-6-8-14(12)15(16-3)9-10-17(4)13(2)11-18/h5-8,13,15-16,18H,9-11H2,1-4H3. The van der Waals surface area contributed by atoms with Gasteiger partial charge in [-0.1, -0.05) is 24.3 Å². The van der Waals surface area contributed by atoms with Gasteiger partial charge in [0.2, 0.25) is 0 Å². The maximum Gasteiger partial charge on any atom is 0.0584 e. The summed E-state index contributed by atoms with van der Waals surface area (Å²) in [6.45, 7) is 5.38. The highest BCUT2D eigenvalue weighted by atomic mass is 16.3. The van der Waals surface area contributed by atoms with E-state index in [1.807, 2.05) is 14.0 Å². The van der Waals surface area contributed by atoms with E-state index in [-0.39, 0.29) is 12.6 Å². The third kappa shape index (κ3) is 4.09. The molecule has 0 fully saturated rings. The minimum Gasteiger partial charge on any atom is -0.395 e. The Morgan fingerprint density at radius 2 is 2.00 bits per heavy atom. The van der Waals surface area contributed by atoms with Crippen molar-refractivity contribution in [1.29, 1.82) is 0 Å². The van der Waals surface area contributed by atoms with Crippen molar-refractivity contribution in [3.05, 3.63) is 35.4 Å². The summed E-state index contributed by atoms with van der Waals surface area (Å²) in [4.78, 5) is 2.20. The van der Waals surface area contributed by atoms with Crippen LogP contribution in [0.15, 0.2) is 24.3 Å². The highest BCUT2D eigenvalue weighted by Gasteiger charge is 2.14. The van der Waals surface area contributed by atoms with Gasteiger partial charge < -0.3 is 15.3 Å². The minimum absolute atomic E-state index is 0.213. The van der Waals surface area contributed by atoms with Crippen LogP contribution in [0.1, 0.15) is 30.5 Å². The molecule has 0 saturated heterocycles. The maximum absolute atomic E-state index is 9.13. The molecule has 0 aliphatic carbocycles. The van der Waals surface area contributed by atoms with Crippen LogP contribution in [-0.2, 0) is 0 Å². The van der Waals surface area contributed by atoms with Crippen LogP contribution in [0.2, 0.25) is 0 Å². The van der Waals surface area contributed by atoms with E-state index in [0.717, 1.165) is 13.0 Å². The number of aryl methyl sites for hydroxylation is 1. The summed E-state index contributed by atoms with van der Waals surface area (Å²) in [6, 6.07) is 9.10. The second kappa shape index (κ2) is 7.52. The largest absolute Gasteiger partial charge is 0.395 e. The first-order chi connectivity index (χ1) is 8.60. The predicted octanol–water partition coefficient (Wildman–Crippen LogP) is 1.96. The van der Waals surface area contributed by atoms with E-state index in [4.69, 9.17) is 5.11 Å². The van der Waals surface area contributed by atoms with E-state index in [1.165, 1.54) is 11.1 Å². The Morgan fingerprint density at radius 1 is 1.33 bits per heavy atom. The second-order valence-corrected chi connectivity index (χ2v) is 5.00. The Balaban J connectivity index is 2.61. The summed E-state index contributed by atoms with van der Waals surface area (Å²) in [7, 11) is 4.07. The van der Waals surface area contributed by atoms with Crippen molar-refractivity contribution in [2.45, 2.75) is 32.4 Å². The molecular weight excluding hydrogens is 224 g/mol. The monoisotopic (exact) mass is 250 g/mol.